The highest BCUT2D eigenvalue weighted by Gasteiger charge is 2.14. The molecule has 14 heavy (non-hydrogen) atoms. The van der Waals surface area contributed by atoms with Gasteiger partial charge in [0.15, 0.2) is 17.5 Å². The third kappa shape index (κ3) is 2.25. The lowest BCUT2D eigenvalue weighted by Crippen LogP contribution is -2.14. The summed E-state index contributed by atoms with van der Waals surface area (Å²) in [5, 5.41) is 2.01. The van der Waals surface area contributed by atoms with E-state index in [0.717, 1.165) is 12.1 Å². The number of rotatable bonds is 2. The summed E-state index contributed by atoms with van der Waals surface area (Å²) in [5.74, 6) is -4.84. The Morgan fingerprint density at radius 3 is 2.50 bits per heavy atom. The van der Waals surface area contributed by atoms with Crippen molar-refractivity contribution in [2.45, 2.75) is 0 Å². The van der Waals surface area contributed by atoms with Crippen molar-refractivity contribution >= 4 is 27.5 Å². The van der Waals surface area contributed by atoms with Gasteiger partial charge in [0, 0.05) is 0 Å². The van der Waals surface area contributed by atoms with Gasteiger partial charge in [-0.1, -0.05) is 15.9 Å². The molecule has 0 radical (unpaired) electrons. The van der Waals surface area contributed by atoms with Crippen LogP contribution in [0.2, 0.25) is 0 Å². The van der Waals surface area contributed by atoms with E-state index in [-0.39, 0.29) is 11.0 Å². The van der Waals surface area contributed by atoms with Gasteiger partial charge in [-0.15, -0.1) is 0 Å². The highest BCUT2D eigenvalue weighted by molar-refractivity contribution is 9.09. The third-order valence-electron chi connectivity index (χ3n) is 1.43. The van der Waals surface area contributed by atoms with Crippen LogP contribution in [-0.4, -0.2) is 11.2 Å². The van der Waals surface area contributed by atoms with Crippen LogP contribution >= 0.6 is 15.9 Å². The number of amides is 1. The van der Waals surface area contributed by atoms with Crippen LogP contribution in [0.15, 0.2) is 12.1 Å². The number of hydrogen-bond donors (Lipinski definition) is 1. The molecular weight excluding hydrogens is 263 g/mol. The van der Waals surface area contributed by atoms with Crippen LogP contribution < -0.4 is 5.32 Å². The van der Waals surface area contributed by atoms with Gasteiger partial charge in [0.25, 0.3) is 0 Å². The molecule has 1 aromatic rings. The standard InChI is InChI=1S/C8H5BrF3NO/c9-3-6(14)13-5-2-1-4(10)7(11)8(5)12/h1-2H,3H2,(H,13,14). The lowest BCUT2D eigenvalue weighted by Gasteiger charge is -2.05. The molecule has 0 spiro atoms. The van der Waals surface area contributed by atoms with E-state index in [0.29, 0.717) is 0 Å². The van der Waals surface area contributed by atoms with Crippen LogP contribution in [0.25, 0.3) is 0 Å². The number of carbonyl (C=O) groups excluding carboxylic acids is 1. The Morgan fingerprint density at radius 2 is 1.93 bits per heavy atom. The fourth-order valence-electron chi connectivity index (χ4n) is 0.806. The van der Waals surface area contributed by atoms with Crippen molar-refractivity contribution in [3.05, 3.63) is 29.6 Å². The van der Waals surface area contributed by atoms with E-state index in [4.69, 9.17) is 0 Å². The van der Waals surface area contributed by atoms with Crippen LogP contribution in [0, 0.1) is 17.5 Å². The maximum absolute atomic E-state index is 12.9. The van der Waals surface area contributed by atoms with E-state index < -0.39 is 23.4 Å². The van der Waals surface area contributed by atoms with Crippen molar-refractivity contribution in [3.8, 4) is 0 Å². The van der Waals surface area contributed by atoms with Gasteiger partial charge in [-0.05, 0) is 12.1 Å². The van der Waals surface area contributed by atoms with Gasteiger partial charge in [-0.2, -0.15) is 0 Å². The molecule has 1 N–H and O–H groups in total. The first kappa shape index (κ1) is 11.0. The lowest BCUT2D eigenvalue weighted by molar-refractivity contribution is -0.113. The molecule has 0 fully saturated rings. The normalized spacial score (nSPS) is 10.0. The predicted octanol–water partition coefficient (Wildman–Crippen LogP) is 2.44. The van der Waals surface area contributed by atoms with Gasteiger partial charge in [0.05, 0.1) is 11.0 Å². The number of nitrogens with one attached hydrogen (secondary N) is 1. The van der Waals surface area contributed by atoms with Crippen molar-refractivity contribution in [3.63, 3.8) is 0 Å². The molecule has 0 unspecified atom stereocenters. The van der Waals surface area contributed by atoms with Gasteiger partial charge in [0.1, 0.15) is 0 Å². The second-order valence-corrected chi connectivity index (χ2v) is 2.97. The van der Waals surface area contributed by atoms with Crippen molar-refractivity contribution in [1.82, 2.24) is 0 Å². The topological polar surface area (TPSA) is 29.1 Å². The third-order valence-corrected chi connectivity index (χ3v) is 1.94. The number of alkyl halides is 1. The summed E-state index contributed by atoms with van der Waals surface area (Å²) in [6.07, 6.45) is 0. The van der Waals surface area contributed by atoms with E-state index in [1.807, 2.05) is 0 Å². The fraction of sp³-hybridized carbons (Fsp3) is 0.125. The van der Waals surface area contributed by atoms with E-state index in [1.54, 1.807) is 0 Å². The Morgan fingerprint density at radius 1 is 1.29 bits per heavy atom. The number of carbonyl (C=O) groups is 1. The van der Waals surface area contributed by atoms with Crippen LogP contribution in [0.5, 0.6) is 0 Å². The highest BCUT2D eigenvalue weighted by atomic mass is 79.9. The maximum Gasteiger partial charge on any atom is 0.235 e. The molecule has 0 bridgehead atoms. The number of anilines is 1. The molecule has 0 heterocycles. The number of halogens is 4. The van der Waals surface area contributed by atoms with Crippen molar-refractivity contribution in [1.29, 1.82) is 0 Å². The van der Waals surface area contributed by atoms with E-state index in [2.05, 4.69) is 21.2 Å². The zero-order chi connectivity index (χ0) is 10.7. The quantitative estimate of drug-likeness (QED) is 0.647. The summed E-state index contributed by atoms with van der Waals surface area (Å²) >= 11 is 2.83. The minimum atomic E-state index is -1.60. The molecule has 6 heteroatoms. The van der Waals surface area contributed by atoms with Crippen LogP contribution in [0.3, 0.4) is 0 Å². The molecule has 0 aliphatic carbocycles. The zero-order valence-electron chi connectivity index (χ0n) is 6.78. The molecule has 0 aromatic heterocycles. The summed E-state index contributed by atoms with van der Waals surface area (Å²) in [4.78, 5) is 10.8. The Kier molecular flexibility index (Phi) is 3.51. The van der Waals surface area contributed by atoms with Crippen LogP contribution in [0.1, 0.15) is 0 Å². The summed E-state index contributed by atoms with van der Waals surface area (Å²) in [6.45, 7) is 0. The lowest BCUT2D eigenvalue weighted by atomic mass is 10.3. The Hall–Kier alpha value is -1.04. The molecule has 1 amide bonds. The zero-order valence-corrected chi connectivity index (χ0v) is 8.37. The molecule has 0 saturated carbocycles. The van der Waals surface area contributed by atoms with E-state index in [9.17, 15) is 18.0 Å². The highest BCUT2D eigenvalue weighted by Crippen LogP contribution is 2.19. The first-order valence-electron chi connectivity index (χ1n) is 3.55. The number of hydrogen-bond acceptors (Lipinski definition) is 1. The van der Waals surface area contributed by atoms with Gasteiger partial charge in [-0.3, -0.25) is 4.79 Å². The molecule has 1 aromatic carbocycles. The van der Waals surface area contributed by atoms with Crippen molar-refractivity contribution in [2.75, 3.05) is 10.6 Å². The second-order valence-electron chi connectivity index (χ2n) is 2.40. The fourth-order valence-corrected chi connectivity index (χ4v) is 0.946. The predicted molar refractivity (Wildman–Crippen MR) is 48.7 cm³/mol. The molecule has 0 saturated heterocycles. The summed E-state index contributed by atoms with van der Waals surface area (Å²) in [5.41, 5.74) is -0.381. The summed E-state index contributed by atoms with van der Waals surface area (Å²) in [7, 11) is 0. The second kappa shape index (κ2) is 4.45. The van der Waals surface area contributed by atoms with Gasteiger partial charge < -0.3 is 5.32 Å². The van der Waals surface area contributed by atoms with Crippen molar-refractivity contribution in [2.24, 2.45) is 0 Å². The first-order chi connectivity index (χ1) is 6.56. The van der Waals surface area contributed by atoms with Gasteiger partial charge >= 0.3 is 0 Å². The molecule has 1 rings (SSSR count). The van der Waals surface area contributed by atoms with E-state index >= 15 is 0 Å². The largest absolute Gasteiger partial charge is 0.323 e. The average molecular weight is 268 g/mol. The van der Waals surface area contributed by atoms with Crippen LogP contribution in [0.4, 0.5) is 18.9 Å². The molecule has 2 nitrogen and oxygen atoms in total. The minimum absolute atomic E-state index is 0.0502. The van der Waals surface area contributed by atoms with Crippen LogP contribution in [-0.2, 0) is 4.79 Å². The smallest absolute Gasteiger partial charge is 0.235 e. The molecule has 76 valence electrons. The van der Waals surface area contributed by atoms with Crippen molar-refractivity contribution < 1.29 is 18.0 Å². The molecule has 0 atom stereocenters. The molecule has 0 aliphatic rings. The SMILES string of the molecule is O=C(CBr)Nc1ccc(F)c(F)c1F. The monoisotopic (exact) mass is 267 g/mol. The Bertz CT molecular complexity index is 370. The molecular formula is C8H5BrF3NO. The maximum atomic E-state index is 12.9. The minimum Gasteiger partial charge on any atom is -0.323 e. The van der Waals surface area contributed by atoms with Gasteiger partial charge in [-0.25, -0.2) is 13.2 Å². The Labute approximate surface area is 86.2 Å². The Balaban J connectivity index is 3.00. The molecule has 0 aliphatic heterocycles. The van der Waals surface area contributed by atoms with E-state index in [1.165, 1.54) is 0 Å². The summed E-state index contributed by atoms with van der Waals surface area (Å²) in [6, 6.07) is 1.69. The summed E-state index contributed by atoms with van der Waals surface area (Å²) < 4.78 is 38.0. The van der Waals surface area contributed by atoms with Gasteiger partial charge in [0.2, 0.25) is 5.91 Å². The first-order valence-corrected chi connectivity index (χ1v) is 4.67. The number of benzene rings is 1. The average Bonchev–Trinajstić information content (AvgIpc) is 2.19.